The van der Waals surface area contributed by atoms with Crippen LogP contribution in [0.3, 0.4) is 0 Å². The van der Waals surface area contributed by atoms with E-state index in [1.54, 1.807) is 6.07 Å². The van der Waals surface area contributed by atoms with Crippen LogP contribution in [-0.2, 0) is 0 Å². The molecule has 1 heterocycles. The fourth-order valence-corrected chi connectivity index (χ4v) is 1.36. The first-order valence-electron chi connectivity index (χ1n) is 5.48. The van der Waals surface area contributed by atoms with Gasteiger partial charge in [-0.25, -0.2) is 4.98 Å². The number of rotatable bonds is 6. The lowest BCUT2D eigenvalue weighted by Gasteiger charge is -2.09. The summed E-state index contributed by atoms with van der Waals surface area (Å²) >= 11 is 0. The Labute approximate surface area is 96.9 Å². The number of hydrogen-bond donors (Lipinski definition) is 1. The maximum atomic E-state index is 8.69. The Morgan fingerprint density at radius 3 is 2.88 bits per heavy atom. The molecule has 0 radical (unpaired) electrons. The lowest BCUT2D eigenvalue weighted by Crippen LogP contribution is -2.14. The summed E-state index contributed by atoms with van der Waals surface area (Å²) in [6, 6.07) is 7.45. The Morgan fingerprint density at radius 1 is 1.38 bits per heavy atom. The molecule has 0 amide bonds. The van der Waals surface area contributed by atoms with Gasteiger partial charge < -0.3 is 10.2 Å². The van der Waals surface area contributed by atoms with Crippen molar-refractivity contribution in [3.8, 4) is 6.07 Å². The standard InChI is InChI=1S/C12H18N4/c1-16(2)9-4-3-8-14-12-7-5-6-11(10-13)15-12/h5-7H,3-4,8-9H2,1-2H3,(H,14,15). The molecule has 0 saturated carbocycles. The Kier molecular flexibility index (Phi) is 5.30. The zero-order chi connectivity index (χ0) is 11.8. The number of anilines is 1. The first-order chi connectivity index (χ1) is 7.72. The molecule has 0 atom stereocenters. The molecule has 4 heteroatoms. The van der Waals surface area contributed by atoms with Crippen LogP contribution in [0, 0.1) is 11.3 Å². The highest BCUT2D eigenvalue weighted by Crippen LogP contribution is 2.04. The van der Waals surface area contributed by atoms with Gasteiger partial charge in [-0.2, -0.15) is 5.26 Å². The number of nitrogens with zero attached hydrogens (tertiary/aromatic N) is 3. The molecule has 0 unspecified atom stereocenters. The molecular formula is C12H18N4. The molecule has 16 heavy (non-hydrogen) atoms. The van der Waals surface area contributed by atoms with Crippen molar-refractivity contribution in [2.24, 2.45) is 0 Å². The highest BCUT2D eigenvalue weighted by Gasteiger charge is 1.96. The molecule has 0 aliphatic rings. The molecule has 0 fully saturated rings. The van der Waals surface area contributed by atoms with Crippen molar-refractivity contribution < 1.29 is 0 Å². The van der Waals surface area contributed by atoms with E-state index in [4.69, 9.17) is 5.26 Å². The molecule has 0 aliphatic heterocycles. The van der Waals surface area contributed by atoms with Crippen molar-refractivity contribution in [2.45, 2.75) is 12.8 Å². The number of pyridine rings is 1. The van der Waals surface area contributed by atoms with Crippen LogP contribution >= 0.6 is 0 Å². The summed E-state index contributed by atoms with van der Waals surface area (Å²) < 4.78 is 0. The SMILES string of the molecule is CN(C)CCCCNc1cccc(C#N)n1. The molecule has 1 N–H and O–H groups in total. The normalized spacial score (nSPS) is 10.1. The summed E-state index contributed by atoms with van der Waals surface area (Å²) in [5.74, 6) is 0.781. The first kappa shape index (κ1) is 12.5. The fraction of sp³-hybridized carbons (Fsp3) is 0.500. The van der Waals surface area contributed by atoms with Crippen LogP contribution in [0.2, 0.25) is 0 Å². The predicted octanol–water partition coefficient (Wildman–Crippen LogP) is 1.71. The molecular weight excluding hydrogens is 200 g/mol. The van der Waals surface area contributed by atoms with Gasteiger partial charge >= 0.3 is 0 Å². The van der Waals surface area contributed by atoms with E-state index in [-0.39, 0.29) is 0 Å². The molecule has 1 rings (SSSR count). The van der Waals surface area contributed by atoms with E-state index in [9.17, 15) is 0 Å². The van der Waals surface area contributed by atoms with Gasteiger partial charge in [0.25, 0.3) is 0 Å². The summed E-state index contributed by atoms with van der Waals surface area (Å²) in [6.07, 6.45) is 2.27. The van der Waals surface area contributed by atoms with Crippen molar-refractivity contribution in [3.63, 3.8) is 0 Å². The Hall–Kier alpha value is -1.60. The maximum absolute atomic E-state index is 8.69. The van der Waals surface area contributed by atoms with Crippen LogP contribution < -0.4 is 5.32 Å². The number of aromatic nitrogens is 1. The van der Waals surface area contributed by atoms with Crippen LogP contribution in [0.1, 0.15) is 18.5 Å². The molecule has 0 spiro atoms. The van der Waals surface area contributed by atoms with E-state index < -0.39 is 0 Å². The van der Waals surface area contributed by atoms with Crippen molar-refractivity contribution in [3.05, 3.63) is 23.9 Å². The number of nitrogens with one attached hydrogen (secondary N) is 1. The maximum Gasteiger partial charge on any atom is 0.142 e. The number of nitriles is 1. The highest BCUT2D eigenvalue weighted by molar-refractivity contribution is 5.38. The molecule has 0 bridgehead atoms. The van der Waals surface area contributed by atoms with Crippen LogP contribution in [0.25, 0.3) is 0 Å². The third-order valence-electron chi connectivity index (χ3n) is 2.20. The van der Waals surface area contributed by atoms with Crippen molar-refractivity contribution >= 4 is 5.82 Å². The minimum atomic E-state index is 0.457. The van der Waals surface area contributed by atoms with Crippen molar-refractivity contribution in [2.75, 3.05) is 32.5 Å². The predicted molar refractivity (Wildman–Crippen MR) is 65.2 cm³/mol. The van der Waals surface area contributed by atoms with Gasteiger partial charge in [0.1, 0.15) is 17.6 Å². The molecule has 0 saturated heterocycles. The zero-order valence-corrected chi connectivity index (χ0v) is 9.90. The van der Waals surface area contributed by atoms with E-state index in [0.29, 0.717) is 5.69 Å². The smallest absolute Gasteiger partial charge is 0.142 e. The molecule has 86 valence electrons. The second kappa shape index (κ2) is 6.81. The third-order valence-corrected chi connectivity index (χ3v) is 2.20. The minimum Gasteiger partial charge on any atom is -0.370 e. The van der Waals surface area contributed by atoms with Gasteiger partial charge in [-0.15, -0.1) is 0 Å². The fourth-order valence-electron chi connectivity index (χ4n) is 1.36. The van der Waals surface area contributed by atoms with E-state index in [2.05, 4.69) is 29.3 Å². The average Bonchev–Trinajstić information content (AvgIpc) is 2.28. The molecule has 4 nitrogen and oxygen atoms in total. The van der Waals surface area contributed by atoms with Crippen molar-refractivity contribution in [1.82, 2.24) is 9.88 Å². The molecule has 0 aliphatic carbocycles. The van der Waals surface area contributed by atoms with Gasteiger partial charge in [0.05, 0.1) is 0 Å². The Bertz CT molecular complexity index is 354. The van der Waals surface area contributed by atoms with Crippen LogP contribution in [0.5, 0.6) is 0 Å². The summed E-state index contributed by atoms with van der Waals surface area (Å²) in [4.78, 5) is 6.32. The summed E-state index contributed by atoms with van der Waals surface area (Å²) in [5, 5.41) is 11.9. The Balaban J connectivity index is 2.24. The third kappa shape index (κ3) is 4.76. The quantitative estimate of drug-likeness (QED) is 0.738. The number of unbranched alkanes of at least 4 members (excludes halogenated alkanes) is 1. The summed E-state index contributed by atoms with van der Waals surface area (Å²) in [6.45, 7) is 2.00. The van der Waals surface area contributed by atoms with Gasteiger partial charge in [0.15, 0.2) is 0 Å². The largest absolute Gasteiger partial charge is 0.370 e. The monoisotopic (exact) mass is 218 g/mol. The van der Waals surface area contributed by atoms with Crippen LogP contribution in [0.15, 0.2) is 18.2 Å². The lowest BCUT2D eigenvalue weighted by atomic mass is 10.3. The molecule has 1 aromatic rings. The highest BCUT2D eigenvalue weighted by atomic mass is 15.0. The Morgan fingerprint density at radius 2 is 2.19 bits per heavy atom. The van der Waals surface area contributed by atoms with Crippen LogP contribution in [0.4, 0.5) is 5.82 Å². The van der Waals surface area contributed by atoms with E-state index >= 15 is 0 Å². The first-order valence-corrected chi connectivity index (χ1v) is 5.48. The second-order valence-corrected chi connectivity index (χ2v) is 3.96. The number of hydrogen-bond acceptors (Lipinski definition) is 4. The minimum absolute atomic E-state index is 0.457. The van der Waals surface area contributed by atoms with Gasteiger partial charge in [0, 0.05) is 6.54 Å². The van der Waals surface area contributed by atoms with Crippen molar-refractivity contribution in [1.29, 1.82) is 5.26 Å². The van der Waals surface area contributed by atoms with E-state index in [1.165, 1.54) is 0 Å². The van der Waals surface area contributed by atoms with Gasteiger partial charge in [-0.3, -0.25) is 0 Å². The second-order valence-electron chi connectivity index (χ2n) is 3.96. The molecule has 1 aromatic heterocycles. The lowest BCUT2D eigenvalue weighted by molar-refractivity contribution is 0.396. The zero-order valence-electron chi connectivity index (χ0n) is 9.90. The van der Waals surface area contributed by atoms with Crippen LogP contribution in [-0.4, -0.2) is 37.1 Å². The summed E-state index contributed by atoms with van der Waals surface area (Å²) in [5.41, 5.74) is 0.457. The van der Waals surface area contributed by atoms with Gasteiger partial charge in [-0.05, 0) is 45.6 Å². The average molecular weight is 218 g/mol. The van der Waals surface area contributed by atoms with E-state index in [1.807, 2.05) is 18.2 Å². The topological polar surface area (TPSA) is 52.0 Å². The van der Waals surface area contributed by atoms with Gasteiger partial charge in [0.2, 0.25) is 0 Å². The van der Waals surface area contributed by atoms with E-state index in [0.717, 1.165) is 31.7 Å². The molecule has 0 aromatic carbocycles. The van der Waals surface area contributed by atoms with Gasteiger partial charge in [-0.1, -0.05) is 6.07 Å². The summed E-state index contributed by atoms with van der Waals surface area (Å²) in [7, 11) is 4.15.